The molecule has 1 unspecified atom stereocenters. The normalized spacial score (nSPS) is 12.8. The second-order valence-electron chi connectivity index (χ2n) is 2.83. The van der Waals surface area contributed by atoms with Gasteiger partial charge in [-0.1, -0.05) is 11.6 Å². The van der Waals surface area contributed by atoms with Gasteiger partial charge in [0.1, 0.15) is 0 Å². The maximum Gasteiger partial charge on any atom is 0.408 e. The molecule has 0 spiro atoms. The Morgan fingerprint density at radius 2 is 2.50 bits per heavy atom. The quantitative estimate of drug-likeness (QED) is 0.568. The molecule has 1 atom stereocenters. The van der Waals surface area contributed by atoms with Gasteiger partial charge in [0.05, 0.1) is 23.9 Å². The van der Waals surface area contributed by atoms with E-state index >= 15 is 0 Å². The van der Waals surface area contributed by atoms with Crippen molar-refractivity contribution in [1.82, 2.24) is 9.78 Å². The molecule has 0 amide bonds. The Bertz CT molecular complexity index is 339. The van der Waals surface area contributed by atoms with E-state index in [1.54, 1.807) is 7.11 Å². The molecule has 0 aliphatic carbocycles. The maximum atomic E-state index is 10.4. The maximum absolute atomic E-state index is 10.4. The Labute approximate surface area is 85.6 Å². The standard InChI is InChI=1S/C7H10ClN3O3/c1-5(14-2)3-10-4-6(8)7(9-10)11(12)13/h4-5H,3H2,1-2H3. The van der Waals surface area contributed by atoms with E-state index in [4.69, 9.17) is 16.3 Å². The van der Waals surface area contributed by atoms with Crippen molar-refractivity contribution in [2.24, 2.45) is 0 Å². The minimum absolute atomic E-state index is 0.0401. The Morgan fingerprint density at radius 3 is 2.93 bits per heavy atom. The molecule has 7 heteroatoms. The van der Waals surface area contributed by atoms with Crippen LogP contribution in [0.4, 0.5) is 5.82 Å². The molecule has 0 saturated carbocycles. The van der Waals surface area contributed by atoms with Crippen LogP contribution in [-0.4, -0.2) is 27.9 Å². The van der Waals surface area contributed by atoms with E-state index in [1.807, 2.05) is 6.92 Å². The lowest BCUT2D eigenvalue weighted by Crippen LogP contribution is -2.15. The fourth-order valence-corrected chi connectivity index (χ4v) is 1.16. The van der Waals surface area contributed by atoms with Crippen molar-refractivity contribution in [2.75, 3.05) is 7.11 Å². The lowest BCUT2D eigenvalue weighted by Gasteiger charge is -2.05. The zero-order valence-corrected chi connectivity index (χ0v) is 8.56. The second-order valence-corrected chi connectivity index (χ2v) is 3.23. The summed E-state index contributed by atoms with van der Waals surface area (Å²) in [4.78, 5) is 9.79. The van der Waals surface area contributed by atoms with Gasteiger partial charge in [-0.05, 0) is 11.8 Å². The summed E-state index contributed by atoms with van der Waals surface area (Å²) in [6.07, 6.45) is 1.35. The zero-order valence-electron chi connectivity index (χ0n) is 7.81. The van der Waals surface area contributed by atoms with Crippen molar-refractivity contribution in [3.63, 3.8) is 0 Å². The first-order valence-electron chi connectivity index (χ1n) is 3.94. The summed E-state index contributed by atoms with van der Waals surface area (Å²) < 4.78 is 6.39. The molecule has 0 fully saturated rings. The number of aromatic nitrogens is 2. The third kappa shape index (κ3) is 2.43. The summed E-state index contributed by atoms with van der Waals surface area (Å²) in [6.45, 7) is 2.27. The summed E-state index contributed by atoms with van der Waals surface area (Å²) in [5, 5.41) is 14.1. The van der Waals surface area contributed by atoms with E-state index in [0.29, 0.717) is 6.54 Å². The number of hydrogen-bond donors (Lipinski definition) is 0. The van der Waals surface area contributed by atoms with Crippen LogP contribution in [0.5, 0.6) is 0 Å². The molecule has 0 bridgehead atoms. The molecule has 1 heterocycles. The van der Waals surface area contributed by atoms with Crippen molar-refractivity contribution >= 4 is 17.4 Å². The Balaban J connectivity index is 2.81. The Hall–Kier alpha value is -1.14. The fourth-order valence-electron chi connectivity index (χ4n) is 0.942. The molecule has 6 nitrogen and oxygen atoms in total. The molecular weight excluding hydrogens is 210 g/mol. The molecule has 14 heavy (non-hydrogen) atoms. The number of methoxy groups -OCH3 is 1. The van der Waals surface area contributed by atoms with Gasteiger partial charge in [0.25, 0.3) is 0 Å². The number of rotatable bonds is 4. The summed E-state index contributed by atoms with van der Waals surface area (Å²) in [6, 6.07) is 0. The van der Waals surface area contributed by atoms with Gasteiger partial charge in [-0.3, -0.25) is 0 Å². The van der Waals surface area contributed by atoms with Crippen LogP contribution in [0, 0.1) is 10.1 Å². The van der Waals surface area contributed by atoms with E-state index in [0.717, 1.165) is 0 Å². The van der Waals surface area contributed by atoms with E-state index in [1.165, 1.54) is 10.9 Å². The molecular formula is C7H10ClN3O3. The lowest BCUT2D eigenvalue weighted by atomic mass is 10.4. The summed E-state index contributed by atoms with van der Waals surface area (Å²) in [7, 11) is 1.56. The van der Waals surface area contributed by atoms with Crippen molar-refractivity contribution in [3.05, 3.63) is 21.3 Å². The highest BCUT2D eigenvalue weighted by Gasteiger charge is 2.19. The topological polar surface area (TPSA) is 70.2 Å². The molecule has 0 radical (unpaired) electrons. The highest BCUT2D eigenvalue weighted by molar-refractivity contribution is 6.32. The number of ether oxygens (including phenoxy) is 1. The van der Waals surface area contributed by atoms with Crippen LogP contribution in [0.15, 0.2) is 6.20 Å². The molecule has 78 valence electrons. The van der Waals surface area contributed by atoms with Crippen LogP contribution in [0.3, 0.4) is 0 Å². The predicted molar refractivity (Wildman–Crippen MR) is 50.4 cm³/mol. The predicted octanol–water partition coefficient (Wildman–Crippen LogP) is 1.48. The monoisotopic (exact) mass is 219 g/mol. The molecule has 0 aliphatic heterocycles. The zero-order chi connectivity index (χ0) is 10.7. The molecule has 1 aromatic heterocycles. The number of nitro groups is 1. The fraction of sp³-hybridized carbons (Fsp3) is 0.571. The number of nitrogens with zero attached hydrogens (tertiary/aromatic N) is 3. The highest BCUT2D eigenvalue weighted by atomic mass is 35.5. The van der Waals surface area contributed by atoms with Crippen LogP contribution >= 0.6 is 11.6 Å². The van der Waals surface area contributed by atoms with Gasteiger partial charge in [-0.2, -0.15) is 4.68 Å². The SMILES string of the molecule is COC(C)Cn1cc(Cl)c([N+](=O)[O-])n1. The van der Waals surface area contributed by atoms with Gasteiger partial charge in [-0.25, -0.2) is 0 Å². The minimum Gasteiger partial charge on any atom is -0.380 e. The lowest BCUT2D eigenvalue weighted by molar-refractivity contribution is -0.389. The first-order chi connectivity index (χ1) is 6.54. The summed E-state index contributed by atoms with van der Waals surface area (Å²) >= 11 is 5.60. The second kappa shape index (κ2) is 4.39. The first kappa shape index (κ1) is 10.9. The molecule has 1 aromatic rings. The average Bonchev–Trinajstić information content (AvgIpc) is 2.46. The van der Waals surface area contributed by atoms with Gasteiger partial charge < -0.3 is 14.9 Å². The molecule has 0 aliphatic rings. The van der Waals surface area contributed by atoms with Gasteiger partial charge in [-0.15, -0.1) is 0 Å². The third-order valence-corrected chi connectivity index (χ3v) is 1.99. The van der Waals surface area contributed by atoms with Crippen molar-refractivity contribution in [3.8, 4) is 0 Å². The van der Waals surface area contributed by atoms with Crippen LogP contribution in [-0.2, 0) is 11.3 Å². The third-order valence-electron chi connectivity index (χ3n) is 1.72. The van der Waals surface area contributed by atoms with Crippen molar-refractivity contribution in [1.29, 1.82) is 0 Å². The number of hydrogen-bond acceptors (Lipinski definition) is 4. The van der Waals surface area contributed by atoms with E-state index < -0.39 is 4.92 Å². The van der Waals surface area contributed by atoms with Gasteiger partial charge in [0.2, 0.25) is 0 Å². The van der Waals surface area contributed by atoms with Crippen LogP contribution in [0.25, 0.3) is 0 Å². The van der Waals surface area contributed by atoms with Gasteiger partial charge >= 0.3 is 5.82 Å². The van der Waals surface area contributed by atoms with Crippen LogP contribution < -0.4 is 0 Å². The Kier molecular flexibility index (Phi) is 3.43. The first-order valence-corrected chi connectivity index (χ1v) is 4.32. The van der Waals surface area contributed by atoms with Crippen LogP contribution in [0.2, 0.25) is 5.02 Å². The summed E-state index contributed by atoms with van der Waals surface area (Å²) in [5.74, 6) is -0.324. The van der Waals surface area contributed by atoms with Crippen molar-refractivity contribution in [2.45, 2.75) is 19.6 Å². The largest absolute Gasteiger partial charge is 0.408 e. The summed E-state index contributed by atoms with van der Waals surface area (Å²) in [5.41, 5.74) is 0. The van der Waals surface area contributed by atoms with Crippen LogP contribution in [0.1, 0.15) is 6.92 Å². The van der Waals surface area contributed by atoms with Gasteiger partial charge in [0, 0.05) is 7.11 Å². The molecule has 0 saturated heterocycles. The van der Waals surface area contributed by atoms with Crippen molar-refractivity contribution < 1.29 is 9.66 Å². The molecule has 0 N–H and O–H groups in total. The minimum atomic E-state index is -0.615. The molecule has 0 aromatic carbocycles. The van der Waals surface area contributed by atoms with E-state index in [2.05, 4.69) is 5.10 Å². The van der Waals surface area contributed by atoms with E-state index in [9.17, 15) is 10.1 Å². The smallest absolute Gasteiger partial charge is 0.380 e. The average molecular weight is 220 g/mol. The number of halogens is 1. The van der Waals surface area contributed by atoms with Gasteiger partial charge in [0.15, 0.2) is 5.02 Å². The Morgan fingerprint density at radius 1 is 1.86 bits per heavy atom. The highest BCUT2D eigenvalue weighted by Crippen LogP contribution is 2.21. The van der Waals surface area contributed by atoms with E-state index in [-0.39, 0.29) is 16.9 Å². The molecule has 1 rings (SSSR count).